The molecule has 13 heavy (non-hydrogen) atoms. The number of hydrogen-bond donors (Lipinski definition) is 0. The van der Waals surface area contributed by atoms with Gasteiger partial charge in [-0.05, 0) is 31.6 Å². The molecule has 1 nitrogen and oxygen atoms in total. The minimum atomic E-state index is 0.00549. The molecule has 0 amide bonds. The van der Waals surface area contributed by atoms with Crippen molar-refractivity contribution in [3.8, 4) is 0 Å². The van der Waals surface area contributed by atoms with E-state index in [1.165, 1.54) is 6.42 Å². The maximum atomic E-state index is 5.90. The first-order valence-electron chi connectivity index (χ1n) is 5.29. The van der Waals surface area contributed by atoms with E-state index >= 15 is 0 Å². The predicted molar refractivity (Wildman–Crippen MR) is 56.8 cm³/mol. The number of hydrogen-bond acceptors (Lipinski definition) is 1. The van der Waals surface area contributed by atoms with Crippen LogP contribution in [0, 0.1) is 5.41 Å². The average Bonchev–Trinajstić information content (AvgIpc) is 2.08. The lowest BCUT2D eigenvalue weighted by Crippen LogP contribution is -2.38. The van der Waals surface area contributed by atoms with Crippen LogP contribution in [0.25, 0.3) is 0 Å². The molecule has 0 aliphatic carbocycles. The van der Waals surface area contributed by atoms with Gasteiger partial charge in [-0.1, -0.05) is 32.9 Å². The molecular formula is C12H22O. The average molecular weight is 182 g/mol. The Morgan fingerprint density at radius 2 is 1.92 bits per heavy atom. The van der Waals surface area contributed by atoms with Crippen LogP contribution in [0.5, 0.6) is 0 Å². The zero-order valence-electron chi connectivity index (χ0n) is 9.39. The highest BCUT2D eigenvalue weighted by molar-refractivity contribution is 5.02. The lowest BCUT2D eigenvalue weighted by atomic mass is 9.81. The molecule has 0 N–H and O–H groups in total. The minimum absolute atomic E-state index is 0.00549. The quantitative estimate of drug-likeness (QED) is 0.593. The summed E-state index contributed by atoms with van der Waals surface area (Å²) < 4.78 is 5.90. The molecule has 1 fully saturated rings. The Morgan fingerprint density at radius 1 is 1.23 bits per heavy atom. The first kappa shape index (κ1) is 10.8. The summed E-state index contributed by atoms with van der Waals surface area (Å²) in [6, 6.07) is 0. The van der Waals surface area contributed by atoms with E-state index in [0.717, 1.165) is 19.4 Å². The molecule has 0 aromatic carbocycles. The van der Waals surface area contributed by atoms with E-state index in [9.17, 15) is 0 Å². The summed E-state index contributed by atoms with van der Waals surface area (Å²) in [5.74, 6) is 0. The lowest BCUT2D eigenvalue weighted by Gasteiger charge is -2.40. The largest absolute Gasteiger partial charge is 0.371 e. The Kier molecular flexibility index (Phi) is 3.18. The number of allylic oxidation sites excluding steroid dienone is 1. The van der Waals surface area contributed by atoms with Crippen LogP contribution in [-0.4, -0.2) is 12.2 Å². The Labute approximate surface area is 82.2 Å². The van der Waals surface area contributed by atoms with Crippen LogP contribution >= 0.6 is 0 Å². The van der Waals surface area contributed by atoms with Crippen molar-refractivity contribution in [2.75, 3.05) is 6.61 Å². The first-order chi connectivity index (χ1) is 5.97. The van der Waals surface area contributed by atoms with Crippen molar-refractivity contribution in [2.24, 2.45) is 5.41 Å². The first-order valence-corrected chi connectivity index (χ1v) is 5.29. The van der Waals surface area contributed by atoms with Crippen molar-refractivity contribution in [1.29, 1.82) is 0 Å². The van der Waals surface area contributed by atoms with Gasteiger partial charge in [0.2, 0.25) is 0 Å². The molecule has 0 bridgehead atoms. The van der Waals surface area contributed by atoms with E-state index in [1.807, 2.05) is 0 Å². The van der Waals surface area contributed by atoms with Crippen LogP contribution in [0.4, 0.5) is 0 Å². The molecular weight excluding hydrogens is 160 g/mol. The summed E-state index contributed by atoms with van der Waals surface area (Å²) in [5.41, 5.74) is 0.380. The molecule has 1 atom stereocenters. The van der Waals surface area contributed by atoms with E-state index in [4.69, 9.17) is 4.74 Å². The van der Waals surface area contributed by atoms with Gasteiger partial charge in [-0.25, -0.2) is 0 Å². The van der Waals surface area contributed by atoms with Gasteiger partial charge in [0, 0.05) is 0 Å². The third-order valence-electron chi connectivity index (χ3n) is 2.80. The predicted octanol–water partition coefficient (Wildman–Crippen LogP) is 3.55. The standard InChI is InChI=1S/C12H22O/c1-5-6-7-12(4)9-8-11(2,3)10-13-12/h6-7H,5,8-10H2,1-4H3/b7-6+. The van der Waals surface area contributed by atoms with Crippen LogP contribution in [0.3, 0.4) is 0 Å². The summed E-state index contributed by atoms with van der Waals surface area (Å²) in [6.07, 6.45) is 7.94. The molecule has 1 unspecified atom stereocenters. The molecule has 1 heterocycles. The third kappa shape index (κ3) is 3.15. The highest BCUT2D eigenvalue weighted by Gasteiger charge is 2.33. The Bertz CT molecular complexity index is 181. The van der Waals surface area contributed by atoms with E-state index in [-0.39, 0.29) is 5.60 Å². The highest BCUT2D eigenvalue weighted by atomic mass is 16.5. The summed E-state index contributed by atoms with van der Waals surface area (Å²) in [4.78, 5) is 0. The molecule has 1 heteroatoms. The second kappa shape index (κ2) is 3.83. The molecule has 0 radical (unpaired) electrons. The zero-order valence-corrected chi connectivity index (χ0v) is 9.39. The fourth-order valence-corrected chi connectivity index (χ4v) is 1.59. The number of rotatable bonds is 2. The van der Waals surface area contributed by atoms with Crippen LogP contribution < -0.4 is 0 Å². The summed E-state index contributed by atoms with van der Waals surface area (Å²) in [7, 11) is 0. The molecule has 1 aliphatic rings. The Hall–Kier alpha value is -0.300. The fraction of sp³-hybridized carbons (Fsp3) is 0.833. The van der Waals surface area contributed by atoms with Gasteiger partial charge in [0.1, 0.15) is 0 Å². The van der Waals surface area contributed by atoms with Crippen LogP contribution in [0.2, 0.25) is 0 Å². The topological polar surface area (TPSA) is 9.23 Å². The number of ether oxygens (including phenoxy) is 1. The molecule has 1 aliphatic heterocycles. The van der Waals surface area contributed by atoms with Gasteiger partial charge in [0.15, 0.2) is 0 Å². The Morgan fingerprint density at radius 3 is 2.38 bits per heavy atom. The van der Waals surface area contributed by atoms with E-state index in [0.29, 0.717) is 5.41 Å². The van der Waals surface area contributed by atoms with Gasteiger partial charge in [-0.3, -0.25) is 0 Å². The van der Waals surface area contributed by atoms with E-state index in [2.05, 4.69) is 39.8 Å². The van der Waals surface area contributed by atoms with Crippen molar-refractivity contribution < 1.29 is 4.74 Å². The van der Waals surface area contributed by atoms with Crippen molar-refractivity contribution in [2.45, 2.75) is 52.6 Å². The monoisotopic (exact) mass is 182 g/mol. The minimum Gasteiger partial charge on any atom is -0.371 e. The van der Waals surface area contributed by atoms with Crippen molar-refractivity contribution in [3.05, 3.63) is 12.2 Å². The van der Waals surface area contributed by atoms with Crippen molar-refractivity contribution >= 4 is 0 Å². The summed E-state index contributed by atoms with van der Waals surface area (Å²) in [6.45, 7) is 9.78. The maximum Gasteiger partial charge on any atom is 0.0834 e. The molecule has 1 saturated heterocycles. The van der Waals surface area contributed by atoms with Gasteiger partial charge in [-0.2, -0.15) is 0 Å². The van der Waals surface area contributed by atoms with Crippen molar-refractivity contribution in [1.82, 2.24) is 0 Å². The lowest BCUT2D eigenvalue weighted by molar-refractivity contribution is -0.0849. The molecule has 0 aromatic heterocycles. The van der Waals surface area contributed by atoms with Crippen LogP contribution in [-0.2, 0) is 4.74 Å². The van der Waals surface area contributed by atoms with Gasteiger partial charge in [0.25, 0.3) is 0 Å². The maximum absolute atomic E-state index is 5.90. The Balaban J connectivity index is 2.51. The van der Waals surface area contributed by atoms with Gasteiger partial charge in [0.05, 0.1) is 12.2 Å². The molecule has 76 valence electrons. The van der Waals surface area contributed by atoms with Crippen molar-refractivity contribution in [3.63, 3.8) is 0 Å². The van der Waals surface area contributed by atoms with Gasteiger partial charge >= 0.3 is 0 Å². The molecule has 0 saturated carbocycles. The second-order valence-corrected chi connectivity index (χ2v) is 5.08. The molecule has 1 rings (SSSR count). The van der Waals surface area contributed by atoms with Gasteiger partial charge in [-0.15, -0.1) is 0 Å². The molecule has 0 aromatic rings. The highest BCUT2D eigenvalue weighted by Crippen LogP contribution is 2.36. The van der Waals surface area contributed by atoms with E-state index < -0.39 is 0 Å². The van der Waals surface area contributed by atoms with Crippen LogP contribution in [0.1, 0.15) is 47.0 Å². The normalized spacial score (nSPS) is 33.8. The van der Waals surface area contributed by atoms with Crippen LogP contribution in [0.15, 0.2) is 12.2 Å². The smallest absolute Gasteiger partial charge is 0.0834 e. The molecule has 0 spiro atoms. The third-order valence-corrected chi connectivity index (χ3v) is 2.80. The SMILES string of the molecule is CC/C=C/C1(C)CCC(C)(C)CO1. The van der Waals surface area contributed by atoms with E-state index in [1.54, 1.807) is 0 Å². The zero-order chi connectivity index (χ0) is 9.95. The second-order valence-electron chi connectivity index (χ2n) is 5.08. The summed E-state index contributed by atoms with van der Waals surface area (Å²) in [5, 5.41) is 0. The summed E-state index contributed by atoms with van der Waals surface area (Å²) >= 11 is 0. The van der Waals surface area contributed by atoms with Gasteiger partial charge < -0.3 is 4.74 Å². The fourth-order valence-electron chi connectivity index (χ4n) is 1.59.